The van der Waals surface area contributed by atoms with Crippen LogP contribution < -0.4 is 16.0 Å². The third-order valence-corrected chi connectivity index (χ3v) is 3.67. The van der Waals surface area contributed by atoms with Gasteiger partial charge in [-0.1, -0.05) is 36.4 Å². The zero-order chi connectivity index (χ0) is 13.8. The molecule has 4 nitrogen and oxygen atoms in total. The Morgan fingerprint density at radius 1 is 1.15 bits per heavy atom. The Labute approximate surface area is 118 Å². The number of hydrogen-bond acceptors (Lipinski definition) is 2. The number of carbonyl (C=O) groups excluding carboxylic acids is 1. The van der Waals surface area contributed by atoms with Crippen molar-refractivity contribution in [3.63, 3.8) is 0 Å². The first-order valence-corrected chi connectivity index (χ1v) is 7.09. The van der Waals surface area contributed by atoms with E-state index in [1.165, 1.54) is 0 Å². The van der Waals surface area contributed by atoms with Crippen LogP contribution in [-0.2, 0) is 0 Å². The highest BCUT2D eigenvalue weighted by molar-refractivity contribution is 6.01. The molecule has 1 heterocycles. The lowest BCUT2D eigenvalue weighted by atomic mass is 10.1. The van der Waals surface area contributed by atoms with Crippen LogP contribution in [0.1, 0.15) is 12.8 Å². The second-order valence-corrected chi connectivity index (χ2v) is 5.17. The Balaban J connectivity index is 1.71. The quantitative estimate of drug-likeness (QED) is 0.785. The van der Waals surface area contributed by atoms with E-state index in [4.69, 9.17) is 0 Å². The van der Waals surface area contributed by atoms with Gasteiger partial charge in [0.25, 0.3) is 0 Å². The average Bonchev–Trinajstić information content (AvgIpc) is 2.48. The first kappa shape index (κ1) is 12.9. The topological polar surface area (TPSA) is 53.2 Å². The summed E-state index contributed by atoms with van der Waals surface area (Å²) in [6, 6.07) is 14.1. The average molecular weight is 269 g/mol. The first-order valence-electron chi connectivity index (χ1n) is 7.09. The second-order valence-electron chi connectivity index (χ2n) is 5.17. The molecule has 1 fully saturated rings. The van der Waals surface area contributed by atoms with Crippen molar-refractivity contribution >= 4 is 22.5 Å². The molecule has 2 aromatic rings. The normalized spacial score (nSPS) is 18.7. The highest BCUT2D eigenvalue weighted by atomic mass is 16.2. The minimum Gasteiger partial charge on any atom is -0.334 e. The number of rotatable bonds is 2. The molecule has 0 aromatic heterocycles. The van der Waals surface area contributed by atoms with Crippen molar-refractivity contribution in [1.29, 1.82) is 0 Å². The lowest BCUT2D eigenvalue weighted by Crippen LogP contribution is -2.47. The summed E-state index contributed by atoms with van der Waals surface area (Å²) in [7, 11) is 0. The predicted octanol–water partition coefficient (Wildman–Crippen LogP) is 2.71. The number of nitrogens with one attached hydrogen (secondary N) is 3. The van der Waals surface area contributed by atoms with Crippen molar-refractivity contribution in [1.82, 2.24) is 10.6 Å². The van der Waals surface area contributed by atoms with Gasteiger partial charge in [0.2, 0.25) is 0 Å². The minimum atomic E-state index is -0.130. The molecule has 2 amide bonds. The maximum atomic E-state index is 12.1. The van der Waals surface area contributed by atoms with Crippen LogP contribution in [0.3, 0.4) is 0 Å². The summed E-state index contributed by atoms with van der Waals surface area (Å²) in [4.78, 5) is 12.1. The molecule has 0 aliphatic carbocycles. The van der Waals surface area contributed by atoms with E-state index in [0.717, 1.165) is 42.4 Å². The van der Waals surface area contributed by atoms with E-state index in [1.807, 2.05) is 42.5 Å². The summed E-state index contributed by atoms with van der Waals surface area (Å²) >= 11 is 0. The molecule has 4 heteroatoms. The lowest BCUT2D eigenvalue weighted by Gasteiger charge is -2.24. The van der Waals surface area contributed by atoms with Gasteiger partial charge >= 0.3 is 6.03 Å². The number of amides is 2. The van der Waals surface area contributed by atoms with Crippen molar-refractivity contribution < 1.29 is 4.79 Å². The van der Waals surface area contributed by atoms with Gasteiger partial charge in [0, 0.05) is 18.0 Å². The zero-order valence-electron chi connectivity index (χ0n) is 11.4. The first-order chi connectivity index (χ1) is 9.83. The van der Waals surface area contributed by atoms with Gasteiger partial charge in [0.15, 0.2) is 0 Å². The molecule has 0 spiro atoms. The van der Waals surface area contributed by atoms with Gasteiger partial charge < -0.3 is 16.0 Å². The monoisotopic (exact) mass is 269 g/mol. The molecule has 0 bridgehead atoms. The van der Waals surface area contributed by atoms with Crippen LogP contribution in [0.4, 0.5) is 10.5 Å². The fraction of sp³-hybridized carbons (Fsp3) is 0.312. The molecule has 3 rings (SSSR count). The van der Waals surface area contributed by atoms with E-state index >= 15 is 0 Å². The van der Waals surface area contributed by atoms with Crippen LogP contribution in [0.5, 0.6) is 0 Å². The number of piperidine rings is 1. The van der Waals surface area contributed by atoms with Gasteiger partial charge in [-0.15, -0.1) is 0 Å². The molecular weight excluding hydrogens is 250 g/mol. The van der Waals surface area contributed by atoms with Crippen LogP contribution in [0.2, 0.25) is 0 Å². The smallest absolute Gasteiger partial charge is 0.319 e. The van der Waals surface area contributed by atoms with Gasteiger partial charge in [-0.05, 0) is 30.8 Å². The fourth-order valence-electron chi connectivity index (χ4n) is 2.65. The molecule has 1 aliphatic rings. The minimum absolute atomic E-state index is 0.130. The second kappa shape index (κ2) is 5.92. The van der Waals surface area contributed by atoms with Crippen LogP contribution in [-0.4, -0.2) is 25.2 Å². The summed E-state index contributed by atoms with van der Waals surface area (Å²) in [6.45, 7) is 1.89. The Kier molecular flexibility index (Phi) is 3.83. The number of hydrogen-bond donors (Lipinski definition) is 3. The van der Waals surface area contributed by atoms with Crippen molar-refractivity contribution in [2.75, 3.05) is 18.4 Å². The highest BCUT2D eigenvalue weighted by Gasteiger charge is 2.15. The van der Waals surface area contributed by atoms with Crippen LogP contribution in [0, 0.1) is 0 Å². The summed E-state index contributed by atoms with van der Waals surface area (Å²) in [6.07, 6.45) is 2.15. The molecule has 1 saturated heterocycles. The fourth-order valence-corrected chi connectivity index (χ4v) is 2.65. The number of benzene rings is 2. The van der Waals surface area contributed by atoms with Crippen molar-refractivity contribution in [3.8, 4) is 0 Å². The van der Waals surface area contributed by atoms with Crippen LogP contribution in [0.25, 0.3) is 10.8 Å². The number of urea groups is 1. The molecule has 104 valence electrons. The summed E-state index contributed by atoms with van der Waals surface area (Å²) < 4.78 is 0. The van der Waals surface area contributed by atoms with E-state index in [1.54, 1.807) is 0 Å². The van der Waals surface area contributed by atoms with Gasteiger partial charge in [0.05, 0.1) is 5.69 Å². The van der Waals surface area contributed by atoms with Crippen molar-refractivity contribution in [2.24, 2.45) is 0 Å². The third-order valence-electron chi connectivity index (χ3n) is 3.67. The molecular formula is C16H19N3O. The number of anilines is 1. The summed E-state index contributed by atoms with van der Waals surface area (Å²) in [5.41, 5.74) is 0.851. The molecule has 20 heavy (non-hydrogen) atoms. The van der Waals surface area contributed by atoms with Gasteiger partial charge in [-0.25, -0.2) is 4.79 Å². The molecule has 3 N–H and O–H groups in total. The van der Waals surface area contributed by atoms with Crippen LogP contribution in [0.15, 0.2) is 42.5 Å². The van der Waals surface area contributed by atoms with Crippen molar-refractivity contribution in [3.05, 3.63) is 42.5 Å². The van der Waals surface area contributed by atoms with E-state index < -0.39 is 0 Å². The molecule has 1 aliphatic heterocycles. The number of fused-ring (bicyclic) bond motifs is 1. The predicted molar refractivity (Wildman–Crippen MR) is 82.0 cm³/mol. The van der Waals surface area contributed by atoms with E-state index in [2.05, 4.69) is 16.0 Å². The van der Waals surface area contributed by atoms with E-state index in [-0.39, 0.29) is 12.1 Å². The maximum absolute atomic E-state index is 12.1. The van der Waals surface area contributed by atoms with Gasteiger partial charge in [0.1, 0.15) is 0 Å². The summed E-state index contributed by atoms with van der Waals surface area (Å²) in [5.74, 6) is 0. The standard InChI is InChI=1S/C16H19N3O/c20-16(18-13-7-4-10-17-11-13)19-15-9-3-6-12-5-1-2-8-14(12)15/h1-3,5-6,8-9,13,17H,4,7,10-11H2,(H2,18,19,20)/t13-/m1/s1. The Morgan fingerprint density at radius 2 is 2.00 bits per heavy atom. The molecule has 0 radical (unpaired) electrons. The van der Waals surface area contributed by atoms with Gasteiger partial charge in [-0.2, -0.15) is 0 Å². The Hall–Kier alpha value is -2.07. The van der Waals surface area contributed by atoms with Crippen molar-refractivity contribution in [2.45, 2.75) is 18.9 Å². The maximum Gasteiger partial charge on any atom is 0.319 e. The summed E-state index contributed by atoms with van der Waals surface area (Å²) in [5, 5.41) is 11.5. The highest BCUT2D eigenvalue weighted by Crippen LogP contribution is 2.22. The van der Waals surface area contributed by atoms with Gasteiger partial charge in [-0.3, -0.25) is 0 Å². The molecule has 0 unspecified atom stereocenters. The van der Waals surface area contributed by atoms with Crippen LogP contribution >= 0.6 is 0 Å². The largest absolute Gasteiger partial charge is 0.334 e. The SMILES string of the molecule is O=C(Nc1cccc2ccccc12)N[C@@H]1CCCNC1. The molecule has 0 saturated carbocycles. The molecule has 2 aromatic carbocycles. The Morgan fingerprint density at radius 3 is 2.85 bits per heavy atom. The lowest BCUT2D eigenvalue weighted by molar-refractivity contribution is 0.245. The Bertz CT molecular complexity index is 600. The molecule has 1 atom stereocenters. The van der Waals surface area contributed by atoms with E-state index in [9.17, 15) is 4.79 Å². The number of carbonyl (C=O) groups is 1. The zero-order valence-corrected chi connectivity index (χ0v) is 11.4. The third kappa shape index (κ3) is 2.91. The van der Waals surface area contributed by atoms with E-state index in [0.29, 0.717) is 0 Å².